The maximum atomic E-state index is 12.8. The molecule has 0 fully saturated rings. The van der Waals surface area contributed by atoms with E-state index >= 15 is 0 Å². The minimum atomic E-state index is -5.29. The van der Waals surface area contributed by atoms with E-state index in [1.165, 1.54) is 0 Å². The molecule has 0 aliphatic carbocycles. The Hall–Kier alpha value is 0.111. The molecule has 0 aliphatic rings. The molecule has 0 aliphatic heterocycles. The summed E-state index contributed by atoms with van der Waals surface area (Å²) in [5, 5.41) is 8.34. The Bertz CT molecular complexity index is 380. The van der Waals surface area contributed by atoms with Crippen molar-refractivity contribution in [1.29, 1.82) is 0 Å². The van der Waals surface area contributed by atoms with Crippen molar-refractivity contribution in [2.24, 2.45) is 0 Å². The molecule has 76 valence electrons. The Labute approximate surface area is 125 Å². The summed E-state index contributed by atoms with van der Waals surface area (Å²) >= 11 is 0. The summed E-state index contributed by atoms with van der Waals surface area (Å²) in [7, 11) is 0. The van der Waals surface area contributed by atoms with Crippen LogP contribution in [0.2, 0.25) is 0 Å². The Balaban J connectivity index is 0.00000196. The molecule has 0 bridgehead atoms. The largest absolute Gasteiger partial charge is 1.00 e. The third-order valence-corrected chi connectivity index (χ3v) is 1.60. The fourth-order valence-electron chi connectivity index (χ4n) is 0.908. The van der Waals surface area contributed by atoms with Crippen LogP contribution in [0.4, 0.5) is 17.3 Å². The summed E-state index contributed by atoms with van der Waals surface area (Å²) in [5.74, 6) is -2.97. The zero-order valence-corrected chi connectivity index (χ0v) is 10.8. The van der Waals surface area contributed by atoms with Gasteiger partial charge in [-0.15, -0.1) is 5.46 Å². The van der Waals surface area contributed by atoms with Crippen molar-refractivity contribution in [1.82, 2.24) is 0 Å². The zero-order valence-electron chi connectivity index (χ0n) is 7.68. The molecule has 0 amide bonds. The first-order chi connectivity index (χ1) is 6.32. The molecule has 0 heterocycles. The van der Waals surface area contributed by atoms with E-state index in [-0.39, 0.29) is 57.5 Å². The second-order valence-electron chi connectivity index (χ2n) is 2.62. The van der Waals surface area contributed by atoms with Crippen LogP contribution >= 0.6 is 0 Å². The molecule has 0 radical (unpaired) electrons. The van der Waals surface area contributed by atoms with Gasteiger partial charge in [0, 0.05) is 0 Å². The van der Waals surface area contributed by atoms with E-state index in [0.29, 0.717) is 12.1 Å². The van der Waals surface area contributed by atoms with Gasteiger partial charge in [0.1, 0.15) is 5.82 Å². The van der Waals surface area contributed by atoms with Crippen molar-refractivity contribution < 1.29 is 78.6 Å². The molecular weight excluding hydrogens is 242 g/mol. The van der Waals surface area contributed by atoms with Crippen LogP contribution in [-0.4, -0.2) is 18.1 Å². The van der Waals surface area contributed by atoms with Gasteiger partial charge in [0.2, 0.25) is 0 Å². The number of carboxylic acids is 1. The number of carbonyl (C=O) groups is 1. The summed E-state index contributed by atoms with van der Waals surface area (Å²) < 4.78 is 48.9. The molecule has 0 saturated heterocycles. The Morgan fingerprint density at radius 1 is 1.27 bits per heavy atom. The van der Waals surface area contributed by atoms with Crippen LogP contribution in [-0.2, 0) is 0 Å². The number of aromatic carboxylic acids is 1. The first kappa shape index (κ1) is 15.1. The number of halogens is 4. The maximum Gasteiger partial charge on any atom is 1.00 e. The minimum Gasteiger partial charge on any atom is -0.478 e. The molecule has 0 unspecified atom stereocenters. The minimum absolute atomic E-state index is 0. The fourth-order valence-corrected chi connectivity index (χ4v) is 0.908. The smallest absolute Gasteiger partial charge is 0.478 e. The van der Waals surface area contributed by atoms with Gasteiger partial charge in [-0.1, -0.05) is 12.1 Å². The molecule has 0 atom stereocenters. The number of benzene rings is 1. The van der Waals surface area contributed by atoms with Crippen molar-refractivity contribution in [2.75, 3.05) is 0 Å². The molecule has 0 spiro atoms. The first-order valence-electron chi connectivity index (χ1n) is 3.55. The van der Waals surface area contributed by atoms with Crippen LogP contribution in [0.5, 0.6) is 0 Å². The predicted octanol–water partition coefficient (Wildman–Crippen LogP) is -1.42. The average molecular weight is 246 g/mol. The summed E-state index contributed by atoms with van der Waals surface area (Å²) in [6.45, 7) is -5.29. The van der Waals surface area contributed by atoms with Crippen LogP contribution < -0.4 is 56.8 Å². The number of hydrogen-bond donors (Lipinski definition) is 1. The van der Waals surface area contributed by atoms with Crippen LogP contribution in [0, 0.1) is 5.82 Å². The number of carboxylic acid groups (broad SMARTS) is 1. The SMILES string of the molecule is O=C(O)c1ccc([B-](F)(F)F)cc1F.[K+]. The third kappa shape index (κ3) is 3.88. The molecule has 1 aromatic carbocycles. The predicted molar refractivity (Wildman–Crippen MR) is 42.1 cm³/mol. The van der Waals surface area contributed by atoms with Crippen LogP contribution in [0.25, 0.3) is 0 Å². The normalized spacial score (nSPS) is 10.7. The van der Waals surface area contributed by atoms with Gasteiger partial charge in [0.05, 0.1) is 5.56 Å². The van der Waals surface area contributed by atoms with E-state index < -0.39 is 29.8 Å². The van der Waals surface area contributed by atoms with Crippen LogP contribution in [0.15, 0.2) is 18.2 Å². The van der Waals surface area contributed by atoms with E-state index in [4.69, 9.17) is 5.11 Å². The van der Waals surface area contributed by atoms with Crippen molar-refractivity contribution in [2.45, 2.75) is 0 Å². The zero-order chi connectivity index (χ0) is 10.9. The third-order valence-electron chi connectivity index (χ3n) is 1.60. The van der Waals surface area contributed by atoms with Gasteiger partial charge < -0.3 is 18.1 Å². The molecule has 0 saturated carbocycles. The Morgan fingerprint density at radius 3 is 2.13 bits per heavy atom. The van der Waals surface area contributed by atoms with Gasteiger partial charge in [-0.3, -0.25) is 0 Å². The second kappa shape index (κ2) is 5.44. The molecule has 1 N–H and O–H groups in total. The first-order valence-corrected chi connectivity index (χ1v) is 3.55. The van der Waals surface area contributed by atoms with E-state index in [1.54, 1.807) is 0 Å². The molecule has 2 nitrogen and oxygen atoms in total. The van der Waals surface area contributed by atoms with Gasteiger partial charge in [-0.25, -0.2) is 9.18 Å². The van der Waals surface area contributed by atoms with Gasteiger partial charge >= 0.3 is 64.3 Å². The van der Waals surface area contributed by atoms with Crippen LogP contribution in [0.1, 0.15) is 10.4 Å². The van der Waals surface area contributed by atoms with Gasteiger partial charge in [-0.05, 0) is 6.07 Å². The standard InChI is InChI=1S/C7H4BF4O2.K/c9-6-3-4(8(10,11)12)1-2-5(6)7(13)14;/h1-3H,(H,13,14);/q-1;+1. The average Bonchev–Trinajstić information content (AvgIpc) is 2.01. The number of hydrogen-bond acceptors (Lipinski definition) is 1. The fraction of sp³-hybridized carbons (Fsp3) is 0. The van der Waals surface area contributed by atoms with Crippen LogP contribution in [0.3, 0.4) is 0 Å². The Kier molecular flexibility index (Phi) is 5.48. The molecule has 8 heteroatoms. The van der Waals surface area contributed by atoms with Crippen molar-refractivity contribution in [3.05, 3.63) is 29.6 Å². The van der Waals surface area contributed by atoms with Gasteiger partial charge in [0.25, 0.3) is 0 Å². The molecule has 1 aromatic rings. The van der Waals surface area contributed by atoms with Crippen molar-refractivity contribution in [3.8, 4) is 0 Å². The van der Waals surface area contributed by atoms with Crippen molar-refractivity contribution in [3.63, 3.8) is 0 Å². The summed E-state index contributed by atoms with van der Waals surface area (Å²) in [6.07, 6.45) is 0. The quantitative estimate of drug-likeness (QED) is 0.513. The van der Waals surface area contributed by atoms with E-state index in [2.05, 4.69) is 0 Å². The summed E-state index contributed by atoms with van der Waals surface area (Å²) in [4.78, 5) is 10.3. The summed E-state index contributed by atoms with van der Waals surface area (Å²) in [6, 6.07) is 1.33. The van der Waals surface area contributed by atoms with E-state index in [0.717, 1.165) is 0 Å². The topological polar surface area (TPSA) is 37.3 Å². The second-order valence-corrected chi connectivity index (χ2v) is 2.62. The maximum absolute atomic E-state index is 12.8. The van der Waals surface area contributed by atoms with Gasteiger partial charge in [-0.2, -0.15) is 0 Å². The molecular formula is C7H4BF4KO2. The molecule has 15 heavy (non-hydrogen) atoms. The van der Waals surface area contributed by atoms with E-state index in [9.17, 15) is 22.1 Å². The summed E-state index contributed by atoms with van der Waals surface area (Å²) in [5.41, 5.74) is -1.92. The van der Waals surface area contributed by atoms with Crippen molar-refractivity contribution >= 4 is 18.4 Å². The number of rotatable bonds is 2. The van der Waals surface area contributed by atoms with Gasteiger partial charge in [0.15, 0.2) is 0 Å². The molecule has 0 aromatic heterocycles. The monoisotopic (exact) mass is 246 g/mol. The Morgan fingerprint density at radius 2 is 1.80 bits per heavy atom. The van der Waals surface area contributed by atoms with E-state index in [1.807, 2.05) is 0 Å². The molecule has 1 rings (SSSR count).